The number of anilines is 2. The van der Waals surface area contributed by atoms with Gasteiger partial charge in [-0.05, 0) is 24.6 Å². The predicted octanol–water partition coefficient (Wildman–Crippen LogP) is 3.94. The summed E-state index contributed by atoms with van der Waals surface area (Å²) in [5.74, 6) is 0.383. The maximum absolute atomic E-state index is 11.6. The van der Waals surface area contributed by atoms with Crippen LogP contribution in [0.15, 0.2) is 28.6 Å². The fourth-order valence-electron chi connectivity index (χ4n) is 1.59. The molecule has 0 saturated carbocycles. The van der Waals surface area contributed by atoms with Crippen LogP contribution in [0.5, 0.6) is 0 Å². The van der Waals surface area contributed by atoms with Gasteiger partial charge >= 0.3 is 0 Å². The summed E-state index contributed by atoms with van der Waals surface area (Å²) in [5, 5.41) is 15.5. The van der Waals surface area contributed by atoms with Crippen molar-refractivity contribution in [1.29, 1.82) is 0 Å². The van der Waals surface area contributed by atoms with Crippen LogP contribution in [0.2, 0.25) is 5.02 Å². The number of carbonyl (C=O) groups excluding carboxylic acids is 1. The van der Waals surface area contributed by atoms with Crippen LogP contribution in [0.4, 0.5) is 10.8 Å². The zero-order valence-corrected chi connectivity index (χ0v) is 14.5. The zero-order valence-electron chi connectivity index (χ0n) is 12.1. The number of rotatable bonds is 8. The van der Waals surface area contributed by atoms with Crippen LogP contribution in [0.3, 0.4) is 0 Å². The summed E-state index contributed by atoms with van der Waals surface area (Å²) in [6.45, 7) is 2.82. The topological polar surface area (TPSA) is 66.9 Å². The lowest BCUT2D eigenvalue weighted by atomic mass is 10.3. The van der Waals surface area contributed by atoms with E-state index in [9.17, 15) is 4.79 Å². The number of nitrogens with zero attached hydrogens (tertiary/aromatic N) is 2. The van der Waals surface area contributed by atoms with Gasteiger partial charge in [0, 0.05) is 17.3 Å². The Bertz CT molecular complexity index is 620. The predicted molar refractivity (Wildman–Crippen MR) is 93.3 cm³/mol. The Kier molecular flexibility index (Phi) is 6.95. The van der Waals surface area contributed by atoms with E-state index in [2.05, 4.69) is 27.8 Å². The van der Waals surface area contributed by atoms with E-state index in [1.165, 1.54) is 23.1 Å². The van der Waals surface area contributed by atoms with Crippen LogP contribution in [0.25, 0.3) is 0 Å². The molecule has 0 spiro atoms. The smallest absolute Gasteiger partial charge is 0.230 e. The Morgan fingerprint density at radius 1 is 1.41 bits per heavy atom. The van der Waals surface area contributed by atoms with E-state index >= 15 is 0 Å². The summed E-state index contributed by atoms with van der Waals surface area (Å²) in [7, 11) is 0. The molecule has 118 valence electrons. The van der Waals surface area contributed by atoms with E-state index in [4.69, 9.17) is 11.6 Å². The summed E-state index contributed by atoms with van der Waals surface area (Å²) < 4.78 is 0.759. The van der Waals surface area contributed by atoms with Crippen molar-refractivity contribution in [3.63, 3.8) is 0 Å². The van der Waals surface area contributed by atoms with Crippen molar-refractivity contribution in [2.45, 2.75) is 24.1 Å². The van der Waals surface area contributed by atoms with E-state index < -0.39 is 0 Å². The first-order valence-electron chi connectivity index (χ1n) is 6.93. The van der Waals surface area contributed by atoms with Crippen molar-refractivity contribution in [2.75, 3.05) is 17.6 Å². The van der Waals surface area contributed by atoms with Gasteiger partial charge in [0.15, 0.2) is 4.34 Å². The molecule has 5 nitrogen and oxygen atoms in total. The van der Waals surface area contributed by atoms with Gasteiger partial charge in [0.25, 0.3) is 0 Å². The second-order valence-electron chi connectivity index (χ2n) is 4.50. The number of aromatic nitrogens is 2. The summed E-state index contributed by atoms with van der Waals surface area (Å²) in [6, 6.07) is 7.39. The van der Waals surface area contributed by atoms with Crippen LogP contribution in [-0.2, 0) is 4.79 Å². The molecule has 2 rings (SSSR count). The van der Waals surface area contributed by atoms with Crippen molar-refractivity contribution in [2.24, 2.45) is 0 Å². The number of amides is 1. The van der Waals surface area contributed by atoms with E-state index in [-0.39, 0.29) is 5.91 Å². The quantitative estimate of drug-likeness (QED) is 0.554. The second-order valence-corrected chi connectivity index (χ2v) is 7.14. The molecule has 0 radical (unpaired) electrons. The molecule has 0 fully saturated rings. The lowest BCUT2D eigenvalue weighted by molar-refractivity contribution is -0.118. The second kappa shape index (κ2) is 8.97. The molecule has 22 heavy (non-hydrogen) atoms. The van der Waals surface area contributed by atoms with Crippen molar-refractivity contribution >= 4 is 51.4 Å². The number of thioether (sulfide) groups is 1. The fraction of sp³-hybridized carbons (Fsp3) is 0.357. The Balaban J connectivity index is 1.80. The first kappa shape index (κ1) is 17.1. The van der Waals surface area contributed by atoms with Crippen molar-refractivity contribution in [3.8, 4) is 0 Å². The molecule has 8 heteroatoms. The lowest BCUT2D eigenvalue weighted by Gasteiger charge is -2.02. The number of hydrogen-bond donors (Lipinski definition) is 2. The number of benzene rings is 1. The van der Waals surface area contributed by atoms with E-state index in [0.717, 1.165) is 29.4 Å². The van der Waals surface area contributed by atoms with Crippen LogP contribution in [0.1, 0.15) is 19.8 Å². The van der Waals surface area contributed by atoms with Crippen LogP contribution < -0.4 is 10.6 Å². The molecule has 0 saturated heterocycles. The van der Waals surface area contributed by atoms with E-state index in [0.29, 0.717) is 15.9 Å². The monoisotopic (exact) mass is 356 g/mol. The SMILES string of the molecule is CCCCNC(=O)CSc1nnc(Nc2cccc(Cl)c2)s1. The molecule has 0 unspecified atom stereocenters. The normalized spacial score (nSPS) is 10.5. The highest BCUT2D eigenvalue weighted by Gasteiger charge is 2.08. The number of carbonyl (C=O) groups is 1. The van der Waals surface area contributed by atoms with Gasteiger partial charge in [-0.25, -0.2) is 0 Å². The molecule has 0 bridgehead atoms. The molecular formula is C14H17ClN4OS2. The maximum Gasteiger partial charge on any atom is 0.230 e. The average molecular weight is 357 g/mol. The Morgan fingerprint density at radius 3 is 3.05 bits per heavy atom. The molecule has 1 aromatic heterocycles. The summed E-state index contributed by atoms with van der Waals surface area (Å²) >= 11 is 8.73. The average Bonchev–Trinajstić information content (AvgIpc) is 2.93. The third kappa shape index (κ3) is 5.82. The van der Waals surface area contributed by atoms with Gasteiger partial charge in [0.05, 0.1) is 5.75 Å². The molecule has 2 N–H and O–H groups in total. The van der Waals surface area contributed by atoms with Crippen molar-refractivity contribution in [1.82, 2.24) is 15.5 Å². The van der Waals surface area contributed by atoms with Gasteiger partial charge in [-0.3, -0.25) is 4.79 Å². The maximum atomic E-state index is 11.6. The molecule has 1 aromatic carbocycles. The van der Waals surface area contributed by atoms with Gasteiger partial charge < -0.3 is 10.6 Å². The van der Waals surface area contributed by atoms with Gasteiger partial charge in [0.2, 0.25) is 11.0 Å². The third-order valence-electron chi connectivity index (χ3n) is 2.66. The molecule has 0 aliphatic carbocycles. The minimum absolute atomic E-state index is 0.0259. The van der Waals surface area contributed by atoms with Crippen LogP contribution >= 0.6 is 34.7 Å². The van der Waals surface area contributed by atoms with E-state index in [1.54, 1.807) is 0 Å². The van der Waals surface area contributed by atoms with Gasteiger partial charge in [-0.1, -0.05) is 54.1 Å². The largest absolute Gasteiger partial charge is 0.355 e. The summed E-state index contributed by atoms with van der Waals surface area (Å²) in [6.07, 6.45) is 2.07. The Hall–Kier alpha value is -1.31. The molecule has 0 aliphatic rings. The number of hydrogen-bond acceptors (Lipinski definition) is 6. The highest BCUT2D eigenvalue weighted by molar-refractivity contribution is 8.01. The van der Waals surface area contributed by atoms with Crippen molar-refractivity contribution in [3.05, 3.63) is 29.3 Å². The molecule has 1 heterocycles. The van der Waals surface area contributed by atoms with Crippen LogP contribution in [-0.4, -0.2) is 28.4 Å². The molecule has 0 atom stereocenters. The number of nitrogens with one attached hydrogen (secondary N) is 2. The fourth-order valence-corrected chi connectivity index (χ4v) is 3.38. The molecular weight excluding hydrogens is 340 g/mol. The van der Waals surface area contributed by atoms with Gasteiger partial charge in [-0.2, -0.15) is 0 Å². The number of unbranched alkanes of at least 4 members (excludes halogenated alkanes) is 1. The number of halogens is 1. The summed E-state index contributed by atoms with van der Waals surface area (Å²) in [5.41, 5.74) is 0.859. The molecule has 1 amide bonds. The highest BCUT2D eigenvalue weighted by atomic mass is 35.5. The molecule has 2 aromatic rings. The third-order valence-corrected chi connectivity index (χ3v) is 4.87. The first-order chi connectivity index (χ1) is 10.7. The molecule has 0 aliphatic heterocycles. The zero-order chi connectivity index (χ0) is 15.8. The summed E-state index contributed by atoms with van der Waals surface area (Å²) in [4.78, 5) is 11.6. The standard InChI is InChI=1S/C14H17ClN4OS2/c1-2-3-7-16-12(20)9-21-14-19-18-13(22-14)17-11-6-4-5-10(15)8-11/h4-6,8H,2-3,7,9H2,1H3,(H,16,20)(H,17,18). The van der Waals surface area contributed by atoms with Crippen LogP contribution in [0, 0.1) is 0 Å². The minimum atomic E-state index is 0.0259. The van der Waals surface area contributed by atoms with E-state index in [1.807, 2.05) is 24.3 Å². The van der Waals surface area contributed by atoms with Crippen molar-refractivity contribution < 1.29 is 4.79 Å². The Labute approximate surface area is 142 Å². The Morgan fingerprint density at radius 2 is 2.27 bits per heavy atom. The first-order valence-corrected chi connectivity index (χ1v) is 9.11. The van der Waals surface area contributed by atoms with Gasteiger partial charge in [0.1, 0.15) is 0 Å². The highest BCUT2D eigenvalue weighted by Crippen LogP contribution is 2.28. The lowest BCUT2D eigenvalue weighted by Crippen LogP contribution is -2.25. The van der Waals surface area contributed by atoms with Gasteiger partial charge in [-0.15, -0.1) is 10.2 Å². The minimum Gasteiger partial charge on any atom is -0.355 e.